The van der Waals surface area contributed by atoms with Crippen LogP contribution in [0.3, 0.4) is 0 Å². The minimum absolute atomic E-state index is 0.150. The Labute approximate surface area is 176 Å². The number of amides is 1. The van der Waals surface area contributed by atoms with E-state index in [0.717, 1.165) is 26.1 Å². The molecule has 2 aromatic rings. The molecule has 1 heterocycles. The Balaban J connectivity index is 1.37. The molecule has 0 atom stereocenters. The highest BCUT2D eigenvalue weighted by Crippen LogP contribution is 2.16. The summed E-state index contributed by atoms with van der Waals surface area (Å²) in [6.45, 7) is 6.72. The van der Waals surface area contributed by atoms with E-state index in [2.05, 4.69) is 4.90 Å². The van der Waals surface area contributed by atoms with Gasteiger partial charge in [0.25, 0.3) is 0 Å². The molecule has 1 aliphatic rings. The minimum atomic E-state index is -0.365. The summed E-state index contributed by atoms with van der Waals surface area (Å²) in [4.78, 5) is 28.2. The molecule has 0 radical (unpaired) electrons. The Morgan fingerprint density at radius 2 is 1.53 bits per heavy atom. The molecule has 3 rings (SSSR count). The van der Waals surface area contributed by atoms with E-state index in [9.17, 15) is 14.0 Å². The monoisotopic (exact) mass is 414 g/mol. The minimum Gasteiger partial charge on any atom is -0.494 e. The molecule has 1 saturated heterocycles. The van der Waals surface area contributed by atoms with Crippen molar-refractivity contribution in [2.45, 2.75) is 13.3 Å². The van der Waals surface area contributed by atoms with Gasteiger partial charge in [-0.15, -0.1) is 0 Å². The van der Waals surface area contributed by atoms with E-state index < -0.39 is 0 Å². The standard InChI is InChI=1S/C23H27FN2O4/c1-2-29-23(28)26-15-13-25(14-16-26)12-3-17-30-21-10-6-19(7-11-21)22(27)18-4-8-20(24)9-5-18/h4-11H,2-3,12-17H2,1H3. The highest BCUT2D eigenvalue weighted by Gasteiger charge is 2.21. The molecular formula is C23H27FN2O4. The molecular weight excluding hydrogens is 387 g/mol. The molecule has 6 nitrogen and oxygen atoms in total. The fourth-order valence-corrected chi connectivity index (χ4v) is 3.32. The second-order valence-corrected chi connectivity index (χ2v) is 7.09. The molecule has 0 N–H and O–H groups in total. The molecule has 0 aromatic heterocycles. The lowest BCUT2D eigenvalue weighted by Gasteiger charge is -2.33. The van der Waals surface area contributed by atoms with E-state index in [4.69, 9.17) is 9.47 Å². The number of ketones is 1. The van der Waals surface area contributed by atoms with Crippen LogP contribution in [0.5, 0.6) is 5.75 Å². The second kappa shape index (κ2) is 10.7. The van der Waals surface area contributed by atoms with Gasteiger partial charge in [-0.25, -0.2) is 9.18 Å². The molecule has 0 bridgehead atoms. The number of halogens is 1. The zero-order chi connectivity index (χ0) is 21.3. The smallest absolute Gasteiger partial charge is 0.409 e. The zero-order valence-electron chi connectivity index (χ0n) is 17.2. The fourth-order valence-electron chi connectivity index (χ4n) is 3.32. The van der Waals surface area contributed by atoms with Gasteiger partial charge in [0.2, 0.25) is 0 Å². The van der Waals surface area contributed by atoms with Gasteiger partial charge in [0.1, 0.15) is 11.6 Å². The van der Waals surface area contributed by atoms with Crippen LogP contribution in [0, 0.1) is 5.82 Å². The van der Waals surface area contributed by atoms with Crippen molar-refractivity contribution in [2.75, 3.05) is 45.9 Å². The number of ether oxygens (including phenoxy) is 2. The summed E-state index contributed by atoms with van der Waals surface area (Å²) in [7, 11) is 0. The number of benzene rings is 2. The average molecular weight is 414 g/mol. The van der Waals surface area contributed by atoms with Gasteiger partial charge in [-0.1, -0.05) is 0 Å². The van der Waals surface area contributed by atoms with E-state index in [0.29, 0.717) is 43.2 Å². The van der Waals surface area contributed by atoms with E-state index in [1.807, 2.05) is 6.92 Å². The highest BCUT2D eigenvalue weighted by atomic mass is 19.1. The summed E-state index contributed by atoms with van der Waals surface area (Å²) in [5, 5.41) is 0. The lowest BCUT2D eigenvalue weighted by atomic mass is 10.0. The van der Waals surface area contributed by atoms with Crippen molar-refractivity contribution < 1.29 is 23.5 Å². The Morgan fingerprint density at radius 3 is 2.13 bits per heavy atom. The Bertz CT molecular complexity index is 831. The van der Waals surface area contributed by atoms with E-state index >= 15 is 0 Å². The first-order chi connectivity index (χ1) is 14.6. The molecule has 0 unspecified atom stereocenters. The van der Waals surface area contributed by atoms with Gasteiger partial charge in [0, 0.05) is 43.9 Å². The molecule has 30 heavy (non-hydrogen) atoms. The lowest BCUT2D eigenvalue weighted by molar-refractivity contribution is 0.0781. The second-order valence-electron chi connectivity index (χ2n) is 7.09. The lowest BCUT2D eigenvalue weighted by Crippen LogP contribution is -2.49. The van der Waals surface area contributed by atoms with Gasteiger partial charge in [0.15, 0.2) is 5.78 Å². The van der Waals surface area contributed by atoms with E-state index in [-0.39, 0.29) is 17.7 Å². The quantitative estimate of drug-likeness (QED) is 0.488. The normalized spacial score (nSPS) is 14.4. The molecule has 1 fully saturated rings. The SMILES string of the molecule is CCOC(=O)N1CCN(CCCOc2ccc(C(=O)c3ccc(F)cc3)cc2)CC1. The summed E-state index contributed by atoms with van der Waals surface area (Å²) >= 11 is 0. The van der Waals surface area contributed by atoms with E-state index in [1.54, 1.807) is 29.2 Å². The maximum Gasteiger partial charge on any atom is 0.409 e. The van der Waals surface area contributed by atoms with Crippen LogP contribution in [0.15, 0.2) is 48.5 Å². The molecule has 1 aliphatic heterocycles. The summed E-state index contributed by atoms with van der Waals surface area (Å²) in [6, 6.07) is 12.5. The number of piperazine rings is 1. The number of hydrogen-bond donors (Lipinski definition) is 0. The number of nitrogens with zero attached hydrogens (tertiary/aromatic N) is 2. The van der Waals surface area contributed by atoms with Gasteiger partial charge >= 0.3 is 6.09 Å². The van der Waals surface area contributed by atoms with Gasteiger partial charge in [0.05, 0.1) is 13.2 Å². The average Bonchev–Trinajstić information content (AvgIpc) is 2.78. The van der Waals surface area contributed by atoms with Crippen LogP contribution in [0.2, 0.25) is 0 Å². The van der Waals surface area contributed by atoms with Gasteiger partial charge in [-0.2, -0.15) is 0 Å². The molecule has 7 heteroatoms. The fraction of sp³-hybridized carbons (Fsp3) is 0.391. The first-order valence-corrected chi connectivity index (χ1v) is 10.2. The van der Waals surface area contributed by atoms with Crippen LogP contribution in [0.4, 0.5) is 9.18 Å². The predicted octanol–water partition coefficient (Wildman–Crippen LogP) is 3.60. The van der Waals surface area contributed by atoms with E-state index in [1.165, 1.54) is 24.3 Å². The molecule has 0 saturated carbocycles. The maximum atomic E-state index is 13.0. The molecule has 0 aliphatic carbocycles. The van der Waals surface area contributed by atoms with Crippen LogP contribution in [0.1, 0.15) is 29.3 Å². The predicted molar refractivity (Wildman–Crippen MR) is 111 cm³/mol. The van der Waals surface area contributed by atoms with Crippen molar-refractivity contribution >= 4 is 11.9 Å². The van der Waals surface area contributed by atoms with Gasteiger partial charge in [-0.05, 0) is 61.9 Å². The Hall–Kier alpha value is -2.93. The van der Waals surface area contributed by atoms with Crippen LogP contribution in [-0.4, -0.2) is 67.6 Å². The van der Waals surface area contributed by atoms with Crippen LogP contribution in [0.25, 0.3) is 0 Å². The van der Waals surface area contributed by atoms with Crippen LogP contribution >= 0.6 is 0 Å². The largest absolute Gasteiger partial charge is 0.494 e. The van der Waals surface area contributed by atoms with Crippen molar-refractivity contribution in [1.29, 1.82) is 0 Å². The van der Waals surface area contributed by atoms with Crippen molar-refractivity contribution in [1.82, 2.24) is 9.80 Å². The number of rotatable bonds is 8. The van der Waals surface area contributed by atoms with Gasteiger partial charge < -0.3 is 14.4 Å². The van der Waals surface area contributed by atoms with Crippen molar-refractivity contribution in [3.05, 3.63) is 65.5 Å². The molecule has 2 aromatic carbocycles. The van der Waals surface area contributed by atoms with Crippen molar-refractivity contribution in [2.24, 2.45) is 0 Å². The first-order valence-electron chi connectivity index (χ1n) is 10.2. The number of carbonyl (C=O) groups excluding carboxylic acids is 2. The zero-order valence-corrected chi connectivity index (χ0v) is 17.2. The highest BCUT2D eigenvalue weighted by molar-refractivity contribution is 6.08. The summed E-state index contributed by atoms with van der Waals surface area (Å²) in [6.07, 6.45) is 0.636. The number of hydrogen-bond acceptors (Lipinski definition) is 5. The van der Waals surface area contributed by atoms with Gasteiger partial charge in [-0.3, -0.25) is 9.69 Å². The number of carbonyl (C=O) groups is 2. The Morgan fingerprint density at radius 1 is 0.933 bits per heavy atom. The summed E-state index contributed by atoms with van der Waals surface area (Å²) in [5.74, 6) is 0.192. The first kappa shape index (κ1) is 21.8. The molecule has 0 spiro atoms. The maximum absolute atomic E-state index is 13.0. The Kier molecular flexibility index (Phi) is 7.79. The topological polar surface area (TPSA) is 59.1 Å². The van der Waals surface area contributed by atoms with Crippen molar-refractivity contribution in [3.8, 4) is 5.75 Å². The van der Waals surface area contributed by atoms with Crippen molar-refractivity contribution in [3.63, 3.8) is 0 Å². The third kappa shape index (κ3) is 6.03. The summed E-state index contributed by atoms with van der Waals surface area (Å²) in [5.41, 5.74) is 0.988. The van der Waals surface area contributed by atoms with Crippen LogP contribution in [-0.2, 0) is 4.74 Å². The molecule has 1 amide bonds. The third-order valence-electron chi connectivity index (χ3n) is 5.01. The third-order valence-corrected chi connectivity index (χ3v) is 5.01. The summed E-state index contributed by atoms with van der Waals surface area (Å²) < 4.78 is 23.8. The molecule has 160 valence electrons. The van der Waals surface area contributed by atoms with Crippen LogP contribution < -0.4 is 4.74 Å².